The molecule has 8 nitrogen and oxygen atoms in total. The molecule has 1 heterocycles. The first-order chi connectivity index (χ1) is 14.9. The van der Waals surface area contributed by atoms with Gasteiger partial charge in [0.15, 0.2) is 0 Å². The molecule has 0 aliphatic rings. The molecule has 2 aromatic carbocycles. The number of nitrogens with one attached hydrogen (secondary N) is 1. The Labute approximate surface area is 187 Å². The fraction of sp³-hybridized carbons (Fsp3) is 0.182. The van der Waals surface area contributed by atoms with Crippen molar-refractivity contribution < 1.29 is 14.3 Å². The van der Waals surface area contributed by atoms with E-state index in [4.69, 9.17) is 4.74 Å². The summed E-state index contributed by atoms with van der Waals surface area (Å²) in [7, 11) is 1.50. The van der Waals surface area contributed by atoms with E-state index in [1.807, 2.05) is 36.4 Å². The number of hydrogen-bond donors (Lipinski definition) is 1. The number of hydrogen-bond acceptors (Lipinski definition) is 5. The van der Waals surface area contributed by atoms with Crippen LogP contribution in [0.15, 0.2) is 76.0 Å². The van der Waals surface area contributed by atoms with E-state index >= 15 is 0 Å². The normalized spacial score (nSPS) is 10.4. The lowest BCUT2D eigenvalue weighted by molar-refractivity contribution is -0.116. The summed E-state index contributed by atoms with van der Waals surface area (Å²) in [6.07, 6.45) is 0. The Bertz CT molecular complexity index is 1120. The van der Waals surface area contributed by atoms with Crippen molar-refractivity contribution in [2.75, 3.05) is 25.5 Å². The lowest BCUT2D eigenvalue weighted by Gasteiger charge is -2.17. The maximum atomic E-state index is 12.7. The molecule has 0 radical (unpaired) electrons. The van der Waals surface area contributed by atoms with Crippen molar-refractivity contribution in [3.05, 3.63) is 87.3 Å². The van der Waals surface area contributed by atoms with Crippen LogP contribution in [0.2, 0.25) is 0 Å². The maximum Gasteiger partial charge on any atom is 0.274 e. The molecule has 1 N–H and O–H groups in total. The van der Waals surface area contributed by atoms with Gasteiger partial charge in [-0.25, -0.2) is 4.68 Å². The van der Waals surface area contributed by atoms with Gasteiger partial charge in [-0.3, -0.25) is 14.4 Å². The smallest absolute Gasteiger partial charge is 0.274 e. The summed E-state index contributed by atoms with van der Waals surface area (Å²) in [6.45, 7) is 0.234. The zero-order chi connectivity index (χ0) is 22.2. The van der Waals surface area contributed by atoms with Gasteiger partial charge in [0.2, 0.25) is 5.91 Å². The van der Waals surface area contributed by atoms with Crippen molar-refractivity contribution in [2.24, 2.45) is 0 Å². The molecule has 2 amide bonds. The summed E-state index contributed by atoms with van der Waals surface area (Å²) < 4.78 is 7.49. The number of likely N-dealkylation sites (N-methyl/N-ethyl adjacent to an activating group) is 1. The van der Waals surface area contributed by atoms with Gasteiger partial charge in [0, 0.05) is 17.6 Å². The molecule has 9 heteroatoms. The highest BCUT2D eigenvalue weighted by Crippen LogP contribution is 2.21. The van der Waals surface area contributed by atoms with Crippen molar-refractivity contribution in [3.8, 4) is 5.75 Å². The number of amides is 2. The van der Waals surface area contributed by atoms with Gasteiger partial charge in [0.25, 0.3) is 11.5 Å². The van der Waals surface area contributed by atoms with Crippen molar-refractivity contribution in [1.29, 1.82) is 0 Å². The third kappa shape index (κ3) is 6.26. The monoisotopic (exact) mass is 484 g/mol. The van der Waals surface area contributed by atoms with Crippen LogP contribution < -0.4 is 15.6 Å². The predicted octanol–water partition coefficient (Wildman–Crippen LogP) is 2.80. The Balaban J connectivity index is 1.60. The van der Waals surface area contributed by atoms with Crippen LogP contribution in [0.1, 0.15) is 10.5 Å². The highest BCUT2D eigenvalue weighted by Gasteiger charge is 2.18. The molecule has 0 unspecified atom stereocenters. The quantitative estimate of drug-likeness (QED) is 0.530. The van der Waals surface area contributed by atoms with Gasteiger partial charge in [-0.1, -0.05) is 30.3 Å². The summed E-state index contributed by atoms with van der Waals surface area (Å²) >= 11 is 3.36. The molecule has 0 bridgehead atoms. The fourth-order valence-electron chi connectivity index (χ4n) is 2.72. The summed E-state index contributed by atoms with van der Waals surface area (Å²) in [4.78, 5) is 38.3. The summed E-state index contributed by atoms with van der Waals surface area (Å²) in [6, 6.07) is 19.0. The molecule has 0 aliphatic carbocycles. The Morgan fingerprint density at radius 3 is 2.52 bits per heavy atom. The number of aromatic nitrogens is 2. The maximum absolute atomic E-state index is 12.7. The number of para-hydroxylation sites is 2. The predicted molar refractivity (Wildman–Crippen MR) is 120 cm³/mol. The highest BCUT2D eigenvalue weighted by molar-refractivity contribution is 9.10. The zero-order valence-electron chi connectivity index (χ0n) is 16.8. The van der Waals surface area contributed by atoms with E-state index in [1.54, 1.807) is 18.2 Å². The molecule has 0 fully saturated rings. The van der Waals surface area contributed by atoms with Gasteiger partial charge in [-0.2, -0.15) is 5.10 Å². The van der Waals surface area contributed by atoms with Crippen LogP contribution in [0.25, 0.3) is 0 Å². The van der Waals surface area contributed by atoms with E-state index in [0.29, 0.717) is 11.4 Å². The molecular weight excluding hydrogens is 464 g/mol. The van der Waals surface area contributed by atoms with E-state index in [2.05, 4.69) is 26.3 Å². The van der Waals surface area contributed by atoms with E-state index in [0.717, 1.165) is 4.47 Å². The molecule has 3 aromatic rings. The molecule has 0 saturated carbocycles. The number of benzene rings is 2. The molecule has 0 spiro atoms. The second kappa shape index (κ2) is 10.5. The zero-order valence-corrected chi connectivity index (χ0v) is 18.4. The molecule has 160 valence electrons. The van der Waals surface area contributed by atoms with Gasteiger partial charge in [-0.05, 0) is 46.3 Å². The van der Waals surface area contributed by atoms with Gasteiger partial charge in [0.05, 0.1) is 18.8 Å². The number of halogens is 1. The Hall–Kier alpha value is -3.46. The van der Waals surface area contributed by atoms with Crippen LogP contribution in [0.4, 0.5) is 5.69 Å². The van der Waals surface area contributed by atoms with Crippen LogP contribution in [0.3, 0.4) is 0 Å². The van der Waals surface area contributed by atoms with Gasteiger partial charge in [-0.15, -0.1) is 0 Å². The molecule has 3 rings (SSSR count). The topological polar surface area (TPSA) is 93.5 Å². The molecule has 0 aliphatic heterocycles. The number of ether oxygens (including phenoxy) is 1. The van der Waals surface area contributed by atoms with Crippen LogP contribution in [-0.4, -0.2) is 46.7 Å². The van der Waals surface area contributed by atoms with E-state index in [9.17, 15) is 14.4 Å². The third-order valence-corrected chi connectivity index (χ3v) is 4.97. The lowest BCUT2D eigenvalue weighted by atomic mass is 10.3. The van der Waals surface area contributed by atoms with E-state index < -0.39 is 5.91 Å². The average molecular weight is 485 g/mol. The standard InChI is InChI=1S/C22H21BrN4O4/c1-26(15-20(28)24-18-10-6-5-9-17(18)23)22(30)19-11-12-21(29)27(25-19)13-14-31-16-7-3-2-4-8-16/h2-12H,13-15H2,1H3,(H,24,28). The number of nitrogens with zero attached hydrogens (tertiary/aromatic N) is 3. The summed E-state index contributed by atoms with van der Waals surface area (Å²) in [5.74, 6) is -0.147. The van der Waals surface area contributed by atoms with Gasteiger partial charge in [0.1, 0.15) is 18.1 Å². The fourth-order valence-corrected chi connectivity index (χ4v) is 3.11. The minimum Gasteiger partial charge on any atom is -0.492 e. The first-order valence-corrected chi connectivity index (χ1v) is 10.3. The lowest BCUT2D eigenvalue weighted by Crippen LogP contribution is -2.37. The molecule has 31 heavy (non-hydrogen) atoms. The minimum absolute atomic E-state index is 0.0653. The number of rotatable bonds is 8. The highest BCUT2D eigenvalue weighted by atomic mass is 79.9. The van der Waals surface area contributed by atoms with Crippen LogP contribution in [0.5, 0.6) is 5.75 Å². The minimum atomic E-state index is -0.472. The summed E-state index contributed by atoms with van der Waals surface area (Å²) in [5, 5.41) is 6.86. The van der Waals surface area contributed by atoms with Crippen LogP contribution >= 0.6 is 15.9 Å². The van der Waals surface area contributed by atoms with Crippen molar-refractivity contribution in [2.45, 2.75) is 6.54 Å². The SMILES string of the molecule is CN(CC(=O)Nc1ccccc1Br)C(=O)c1ccc(=O)n(CCOc2ccccc2)n1. The first kappa shape index (κ1) is 22.2. The third-order valence-electron chi connectivity index (χ3n) is 4.28. The molecule has 1 aromatic heterocycles. The van der Waals surface area contributed by atoms with Gasteiger partial charge < -0.3 is 15.0 Å². The van der Waals surface area contributed by atoms with Gasteiger partial charge >= 0.3 is 0 Å². The average Bonchev–Trinajstić information content (AvgIpc) is 2.77. The van der Waals surface area contributed by atoms with Crippen molar-refractivity contribution >= 4 is 33.4 Å². The van der Waals surface area contributed by atoms with Crippen LogP contribution in [0, 0.1) is 0 Å². The number of carbonyl (C=O) groups is 2. The molecule has 0 atom stereocenters. The van der Waals surface area contributed by atoms with E-state index in [1.165, 1.54) is 28.8 Å². The van der Waals surface area contributed by atoms with Crippen molar-refractivity contribution in [3.63, 3.8) is 0 Å². The number of anilines is 1. The van der Waals surface area contributed by atoms with Crippen LogP contribution in [-0.2, 0) is 11.3 Å². The summed E-state index contributed by atoms with van der Waals surface area (Å²) in [5.41, 5.74) is 0.330. The Morgan fingerprint density at radius 2 is 1.77 bits per heavy atom. The first-order valence-electron chi connectivity index (χ1n) is 9.50. The Kier molecular flexibility index (Phi) is 7.55. The largest absolute Gasteiger partial charge is 0.492 e. The van der Waals surface area contributed by atoms with E-state index in [-0.39, 0.29) is 36.9 Å². The molecule has 0 saturated heterocycles. The second-order valence-electron chi connectivity index (χ2n) is 6.63. The Morgan fingerprint density at radius 1 is 1.06 bits per heavy atom. The number of carbonyl (C=O) groups excluding carboxylic acids is 2. The molecular formula is C22H21BrN4O4. The van der Waals surface area contributed by atoms with Crippen molar-refractivity contribution in [1.82, 2.24) is 14.7 Å². The second-order valence-corrected chi connectivity index (χ2v) is 7.49.